The molecule has 3 atom stereocenters. The number of nitrogens with one attached hydrogen (secondary N) is 2. The fourth-order valence-electron chi connectivity index (χ4n) is 2.94. The van der Waals surface area contributed by atoms with E-state index in [4.69, 9.17) is 0 Å². The third-order valence-corrected chi connectivity index (χ3v) is 4.38. The predicted molar refractivity (Wildman–Crippen MR) is 85.7 cm³/mol. The summed E-state index contributed by atoms with van der Waals surface area (Å²) >= 11 is 0. The van der Waals surface area contributed by atoms with Crippen molar-refractivity contribution in [2.24, 2.45) is 5.92 Å². The minimum Gasteiger partial charge on any atom is -0.324 e. The van der Waals surface area contributed by atoms with Crippen molar-refractivity contribution < 1.29 is 14.1 Å². The molecule has 2 N–H and O–H groups in total. The molecule has 0 aliphatic heterocycles. The Kier molecular flexibility index (Phi) is 5.65. The Labute approximate surface area is 134 Å². The molecule has 0 saturated heterocycles. The maximum Gasteiger partial charge on any atom is 0.306 e. The van der Waals surface area contributed by atoms with Crippen LogP contribution in [0, 0.1) is 21.8 Å². The van der Waals surface area contributed by atoms with E-state index in [9.17, 15) is 19.3 Å². The molecule has 0 radical (unpaired) electrons. The van der Waals surface area contributed by atoms with Gasteiger partial charge in [-0.25, -0.2) is 0 Å². The van der Waals surface area contributed by atoms with Gasteiger partial charge in [0.2, 0.25) is 11.7 Å². The highest BCUT2D eigenvalue weighted by atomic mass is 19.1. The van der Waals surface area contributed by atoms with Crippen LogP contribution < -0.4 is 10.6 Å². The van der Waals surface area contributed by atoms with Crippen LogP contribution in [-0.2, 0) is 4.79 Å². The maximum absolute atomic E-state index is 13.3. The fraction of sp³-hybridized carbons (Fsp3) is 0.562. The van der Waals surface area contributed by atoms with Crippen LogP contribution in [0.25, 0.3) is 0 Å². The number of anilines is 1. The standard InChI is InChI=1S/C16H22FN3O3/c1-10-5-3-4-6-14(10)18-11(2)16(21)19-12-7-8-13(17)15(9-12)20(22)23/h7-11,14,18H,3-6H2,1-2H3,(H,19,21)/t10-,11+,14-/m1/s1. The highest BCUT2D eigenvalue weighted by molar-refractivity contribution is 5.94. The van der Waals surface area contributed by atoms with Crippen LogP contribution in [-0.4, -0.2) is 22.9 Å². The van der Waals surface area contributed by atoms with Crippen LogP contribution in [0.2, 0.25) is 0 Å². The summed E-state index contributed by atoms with van der Waals surface area (Å²) in [6.45, 7) is 3.93. The number of nitro groups is 1. The SMILES string of the molecule is C[C@H](N[C@@H]1CCCC[C@H]1C)C(=O)Nc1ccc(F)c([N+](=O)[O-])c1. The molecule has 23 heavy (non-hydrogen) atoms. The molecule has 0 aromatic heterocycles. The summed E-state index contributed by atoms with van der Waals surface area (Å²) in [5.74, 6) is -0.690. The number of hydrogen-bond donors (Lipinski definition) is 2. The minimum absolute atomic E-state index is 0.216. The van der Waals surface area contributed by atoms with Gasteiger partial charge in [-0.2, -0.15) is 4.39 Å². The van der Waals surface area contributed by atoms with Gasteiger partial charge >= 0.3 is 5.69 Å². The Morgan fingerprint density at radius 2 is 2.09 bits per heavy atom. The lowest BCUT2D eigenvalue weighted by Gasteiger charge is -2.31. The van der Waals surface area contributed by atoms with Gasteiger partial charge in [0.15, 0.2) is 0 Å². The van der Waals surface area contributed by atoms with E-state index in [1.54, 1.807) is 6.92 Å². The van der Waals surface area contributed by atoms with E-state index < -0.39 is 22.5 Å². The van der Waals surface area contributed by atoms with Gasteiger partial charge in [0.05, 0.1) is 11.0 Å². The number of nitro benzene ring substituents is 1. The van der Waals surface area contributed by atoms with Crippen molar-refractivity contribution in [2.75, 3.05) is 5.32 Å². The Balaban J connectivity index is 1.98. The average molecular weight is 323 g/mol. The monoisotopic (exact) mass is 323 g/mol. The number of amides is 1. The molecular formula is C16H22FN3O3. The molecule has 1 aliphatic carbocycles. The van der Waals surface area contributed by atoms with E-state index in [2.05, 4.69) is 17.6 Å². The van der Waals surface area contributed by atoms with Crippen LogP contribution >= 0.6 is 0 Å². The summed E-state index contributed by atoms with van der Waals surface area (Å²) in [4.78, 5) is 22.1. The zero-order valence-electron chi connectivity index (χ0n) is 13.3. The van der Waals surface area contributed by atoms with E-state index in [0.717, 1.165) is 31.4 Å². The molecule has 0 spiro atoms. The van der Waals surface area contributed by atoms with Crippen molar-refractivity contribution in [3.8, 4) is 0 Å². The summed E-state index contributed by atoms with van der Waals surface area (Å²) in [5.41, 5.74) is -0.433. The van der Waals surface area contributed by atoms with E-state index >= 15 is 0 Å². The van der Waals surface area contributed by atoms with Crippen molar-refractivity contribution in [1.82, 2.24) is 5.32 Å². The van der Waals surface area contributed by atoms with Crippen molar-refractivity contribution in [3.63, 3.8) is 0 Å². The zero-order chi connectivity index (χ0) is 17.0. The van der Waals surface area contributed by atoms with Gasteiger partial charge in [-0.05, 0) is 37.8 Å². The lowest BCUT2D eigenvalue weighted by molar-refractivity contribution is -0.387. The second-order valence-corrected chi connectivity index (χ2v) is 6.17. The molecular weight excluding hydrogens is 301 g/mol. The number of nitrogens with zero attached hydrogens (tertiary/aromatic N) is 1. The summed E-state index contributed by atoms with van der Waals surface area (Å²) in [7, 11) is 0. The molecule has 1 aromatic rings. The topological polar surface area (TPSA) is 84.3 Å². The maximum atomic E-state index is 13.3. The Morgan fingerprint density at radius 1 is 1.39 bits per heavy atom. The second kappa shape index (κ2) is 7.50. The van der Waals surface area contributed by atoms with Crippen LogP contribution in [0.5, 0.6) is 0 Å². The summed E-state index contributed by atoms with van der Waals surface area (Å²) in [5, 5.41) is 16.6. The second-order valence-electron chi connectivity index (χ2n) is 6.17. The largest absolute Gasteiger partial charge is 0.324 e. The minimum atomic E-state index is -0.921. The molecule has 1 aliphatic rings. The first-order chi connectivity index (χ1) is 10.9. The highest BCUT2D eigenvalue weighted by Gasteiger charge is 2.25. The summed E-state index contributed by atoms with van der Waals surface area (Å²) in [6.07, 6.45) is 4.57. The number of rotatable bonds is 5. The van der Waals surface area contributed by atoms with E-state index in [-0.39, 0.29) is 11.6 Å². The molecule has 1 amide bonds. The van der Waals surface area contributed by atoms with Gasteiger partial charge in [0.1, 0.15) is 0 Å². The predicted octanol–water partition coefficient (Wildman–Crippen LogP) is 3.23. The molecule has 6 nitrogen and oxygen atoms in total. The van der Waals surface area contributed by atoms with Crippen molar-refractivity contribution in [1.29, 1.82) is 0 Å². The van der Waals surface area contributed by atoms with Crippen LogP contribution in [0.4, 0.5) is 15.8 Å². The van der Waals surface area contributed by atoms with Gasteiger partial charge < -0.3 is 10.6 Å². The number of carbonyl (C=O) groups is 1. The molecule has 1 saturated carbocycles. The molecule has 0 unspecified atom stereocenters. The van der Waals surface area contributed by atoms with Crippen LogP contribution in [0.15, 0.2) is 18.2 Å². The summed E-state index contributed by atoms with van der Waals surface area (Å²) in [6, 6.07) is 3.20. The van der Waals surface area contributed by atoms with Gasteiger partial charge in [0, 0.05) is 17.8 Å². The van der Waals surface area contributed by atoms with E-state index in [0.29, 0.717) is 12.0 Å². The molecule has 126 valence electrons. The molecule has 1 fully saturated rings. The van der Waals surface area contributed by atoms with Crippen molar-refractivity contribution in [2.45, 2.75) is 51.6 Å². The molecule has 0 heterocycles. The van der Waals surface area contributed by atoms with Gasteiger partial charge in [0.25, 0.3) is 0 Å². The normalized spacial score (nSPS) is 22.4. The quantitative estimate of drug-likeness (QED) is 0.643. The van der Waals surface area contributed by atoms with Gasteiger partial charge in [-0.3, -0.25) is 14.9 Å². The average Bonchev–Trinajstić information content (AvgIpc) is 2.51. The Bertz CT molecular complexity index is 594. The number of halogens is 1. The first-order valence-corrected chi connectivity index (χ1v) is 7.89. The lowest BCUT2D eigenvalue weighted by Crippen LogP contribution is -2.47. The van der Waals surface area contributed by atoms with E-state index in [1.807, 2.05) is 0 Å². The van der Waals surface area contributed by atoms with Crippen LogP contribution in [0.1, 0.15) is 39.5 Å². The van der Waals surface area contributed by atoms with Gasteiger partial charge in [-0.1, -0.05) is 19.8 Å². The molecule has 7 heteroatoms. The smallest absolute Gasteiger partial charge is 0.306 e. The fourth-order valence-corrected chi connectivity index (χ4v) is 2.94. The van der Waals surface area contributed by atoms with Gasteiger partial charge in [-0.15, -0.1) is 0 Å². The zero-order valence-corrected chi connectivity index (χ0v) is 13.3. The molecule has 2 rings (SSSR count). The highest BCUT2D eigenvalue weighted by Crippen LogP contribution is 2.24. The Hall–Kier alpha value is -2.02. The molecule has 0 bridgehead atoms. The number of carbonyl (C=O) groups excluding carboxylic acids is 1. The Morgan fingerprint density at radius 3 is 2.74 bits per heavy atom. The lowest BCUT2D eigenvalue weighted by atomic mass is 9.85. The van der Waals surface area contributed by atoms with Crippen molar-refractivity contribution in [3.05, 3.63) is 34.1 Å². The van der Waals surface area contributed by atoms with Crippen molar-refractivity contribution >= 4 is 17.3 Å². The number of benzene rings is 1. The van der Waals surface area contributed by atoms with Crippen LogP contribution in [0.3, 0.4) is 0 Å². The first kappa shape index (κ1) is 17.3. The summed E-state index contributed by atoms with van der Waals surface area (Å²) < 4.78 is 13.3. The first-order valence-electron chi connectivity index (χ1n) is 7.89. The van der Waals surface area contributed by atoms with E-state index in [1.165, 1.54) is 12.5 Å². The third kappa shape index (κ3) is 4.48. The molecule has 1 aromatic carbocycles. The third-order valence-electron chi connectivity index (χ3n) is 4.38. The number of hydrogen-bond acceptors (Lipinski definition) is 4.